The van der Waals surface area contributed by atoms with Crippen molar-refractivity contribution in [2.45, 2.75) is 18.3 Å². The van der Waals surface area contributed by atoms with Crippen molar-refractivity contribution >= 4 is 62.5 Å². The number of halogens is 2. The molecule has 2 amide bonds. The Balaban J connectivity index is 1.51. The van der Waals surface area contributed by atoms with Crippen LogP contribution in [0.25, 0.3) is 21.8 Å². The van der Waals surface area contributed by atoms with Crippen LogP contribution in [-0.4, -0.2) is 42.2 Å². The van der Waals surface area contributed by atoms with E-state index in [0.29, 0.717) is 21.6 Å². The number of alkyl halides is 1. The highest BCUT2D eigenvalue weighted by atomic mass is 35.5. The van der Waals surface area contributed by atoms with Gasteiger partial charge in [-0.25, -0.2) is 5.01 Å². The highest BCUT2D eigenvalue weighted by Gasteiger charge is 2.50. The number of carbonyl (C=O) groups is 2. The number of aromatic nitrogens is 2. The van der Waals surface area contributed by atoms with E-state index in [4.69, 9.17) is 23.2 Å². The number of nitro groups is 1. The lowest BCUT2D eigenvalue weighted by Crippen LogP contribution is -2.63. The maximum Gasteiger partial charge on any atom is 0.311 e. The van der Waals surface area contributed by atoms with Crippen molar-refractivity contribution in [1.82, 2.24) is 20.4 Å². The monoisotopic (exact) mass is 527 g/mol. The molecule has 1 fully saturated rings. The molecule has 1 saturated heterocycles. The molecule has 0 aliphatic carbocycles. The number of carbonyl (C=O) groups excluding carboxylic acids is 2. The van der Waals surface area contributed by atoms with Crippen LogP contribution in [0.4, 0.5) is 5.69 Å². The summed E-state index contributed by atoms with van der Waals surface area (Å²) in [5.41, 5.74) is 2.58. The maximum absolute atomic E-state index is 13.2. The van der Waals surface area contributed by atoms with Gasteiger partial charge in [0.25, 0.3) is 11.8 Å². The van der Waals surface area contributed by atoms with Crippen LogP contribution in [0.1, 0.15) is 27.5 Å². The summed E-state index contributed by atoms with van der Waals surface area (Å²) in [5.74, 6) is -2.32. The van der Waals surface area contributed by atoms with Gasteiger partial charge in [-0.1, -0.05) is 23.7 Å². The van der Waals surface area contributed by atoms with Gasteiger partial charge in [0.2, 0.25) is 5.43 Å². The number of nitrogens with one attached hydrogen (secondary N) is 2. The number of rotatable bonds is 4. The molecule has 0 bridgehead atoms. The Morgan fingerprint density at radius 1 is 1.28 bits per heavy atom. The van der Waals surface area contributed by atoms with Gasteiger partial charge < -0.3 is 10.1 Å². The van der Waals surface area contributed by atoms with E-state index in [1.807, 2.05) is 6.92 Å². The zero-order valence-electron chi connectivity index (χ0n) is 18.3. The molecule has 13 heteroatoms. The van der Waals surface area contributed by atoms with Crippen molar-refractivity contribution in [3.8, 4) is 5.75 Å². The second-order valence-electron chi connectivity index (χ2n) is 8.15. The van der Waals surface area contributed by atoms with Gasteiger partial charge in [0.15, 0.2) is 5.75 Å². The first kappa shape index (κ1) is 23.5. The summed E-state index contributed by atoms with van der Waals surface area (Å²) in [5, 5.41) is 22.4. The normalized spacial score (nSPS) is 17.3. The fourth-order valence-electron chi connectivity index (χ4n) is 4.31. The van der Waals surface area contributed by atoms with Crippen LogP contribution in [0.2, 0.25) is 5.15 Å². The molecule has 2 unspecified atom stereocenters. The molecule has 1 aliphatic rings. The number of H-pyrrole nitrogens is 1. The first-order chi connectivity index (χ1) is 17.1. The number of para-hydroxylation sites is 1. The minimum atomic E-state index is -1.20. The molecule has 2 aromatic carbocycles. The molecule has 11 nitrogen and oxygen atoms in total. The zero-order chi connectivity index (χ0) is 25.9. The van der Waals surface area contributed by atoms with Gasteiger partial charge in [-0.3, -0.25) is 34.9 Å². The summed E-state index contributed by atoms with van der Waals surface area (Å²) in [6, 6.07) is 7.52. The average Bonchev–Trinajstić information content (AvgIpc) is 2.83. The maximum atomic E-state index is 13.2. The van der Waals surface area contributed by atoms with Crippen molar-refractivity contribution in [3.63, 3.8) is 0 Å². The summed E-state index contributed by atoms with van der Waals surface area (Å²) in [6.07, 6.45) is 1.11. The number of nitro benzene ring substituents is 1. The fraction of sp³-hybridized carbons (Fsp3) is 0.130. The Labute approximate surface area is 211 Å². The number of aromatic amines is 1. The Morgan fingerprint density at radius 2 is 2.03 bits per heavy atom. The van der Waals surface area contributed by atoms with Crippen LogP contribution in [0, 0.1) is 17.0 Å². The number of fused-ring (bicyclic) bond motifs is 3. The minimum Gasteiger partial charge on any atom is -0.502 e. The molecule has 36 heavy (non-hydrogen) atoms. The molecule has 0 saturated carbocycles. The quantitative estimate of drug-likeness (QED) is 0.0913. The number of aryl methyl sites for hydroxylation is 1. The smallest absolute Gasteiger partial charge is 0.311 e. The third-order valence-corrected chi connectivity index (χ3v) is 6.67. The Bertz CT molecular complexity index is 1690. The van der Waals surface area contributed by atoms with Crippen molar-refractivity contribution in [2.24, 2.45) is 0 Å². The van der Waals surface area contributed by atoms with Gasteiger partial charge in [-0.15, -0.1) is 11.6 Å². The van der Waals surface area contributed by atoms with Crippen LogP contribution in [-0.2, 0) is 4.79 Å². The van der Waals surface area contributed by atoms with Crippen LogP contribution in [0.3, 0.4) is 0 Å². The molecule has 2 atom stereocenters. The molecule has 4 aromatic rings. The number of hydrogen-bond donors (Lipinski definition) is 3. The number of hydrogen-bond acceptors (Lipinski definition) is 7. The lowest BCUT2D eigenvalue weighted by atomic mass is 9.94. The second kappa shape index (κ2) is 8.47. The van der Waals surface area contributed by atoms with Gasteiger partial charge in [-0.2, -0.15) is 0 Å². The average molecular weight is 528 g/mol. The lowest BCUT2D eigenvalue weighted by molar-refractivity contribution is -0.386. The summed E-state index contributed by atoms with van der Waals surface area (Å²) in [4.78, 5) is 56.3. The molecular formula is C23H15Cl2N5O6. The largest absolute Gasteiger partial charge is 0.502 e. The van der Waals surface area contributed by atoms with Crippen LogP contribution in [0.5, 0.6) is 5.75 Å². The number of β-lactam (4-membered cyclic amide) rings is 1. The third kappa shape index (κ3) is 3.51. The van der Waals surface area contributed by atoms with Gasteiger partial charge >= 0.3 is 5.69 Å². The number of phenols is 1. The minimum absolute atomic E-state index is 0.0278. The predicted octanol–water partition coefficient (Wildman–Crippen LogP) is 3.49. The molecule has 5 rings (SSSR count). The number of benzene rings is 2. The van der Waals surface area contributed by atoms with E-state index in [2.05, 4.69) is 15.4 Å². The van der Waals surface area contributed by atoms with Crippen LogP contribution >= 0.6 is 23.2 Å². The van der Waals surface area contributed by atoms with E-state index in [9.17, 15) is 29.6 Å². The molecule has 3 N–H and O–H groups in total. The summed E-state index contributed by atoms with van der Waals surface area (Å²) >= 11 is 12.2. The van der Waals surface area contributed by atoms with E-state index >= 15 is 0 Å². The van der Waals surface area contributed by atoms with E-state index in [0.717, 1.165) is 22.8 Å². The standard InChI is InChI=1S/C23H15Cl2N5O6/c1-9-7-15(24)27-13-6-5-10-18(16(9)13)26-8-12(20(10)31)22(33)28-29-19(17(25)23(29)34)11-3-2-4-14(21(11)32)30(35)36/h2-8,17,19,27,32H,1H3,(H,28,33). The number of phenolic OH excluding ortho intramolecular Hbond substituents is 1. The lowest BCUT2D eigenvalue weighted by Gasteiger charge is -2.43. The van der Waals surface area contributed by atoms with E-state index in [1.54, 1.807) is 12.1 Å². The Morgan fingerprint density at radius 3 is 2.75 bits per heavy atom. The summed E-state index contributed by atoms with van der Waals surface area (Å²) < 4.78 is 0. The number of hydrazine groups is 1. The van der Waals surface area contributed by atoms with Crippen molar-refractivity contribution in [3.05, 3.63) is 84.8 Å². The van der Waals surface area contributed by atoms with E-state index < -0.39 is 45.0 Å². The second-order valence-corrected chi connectivity index (χ2v) is 9.03. The Kier molecular flexibility index (Phi) is 5.53. The molecule has 182 valence electrons. The highest BCUT2D eigenvalue weighted by Crippen LogP contribution is 2.43. The summed E-state index contributed by atoms with van der Waals surface area (Å²) in [6.45, 7) is 1.82. The first-order valence-electron chi connectivity index (χ1n) is 10.5. The van der Waals surface area contributed by atoms with Gasteiger partial charge in [0.1, 0.15) is 22.1 Å². The van der Waals surface area contributed by atoms with Gasteiger partial charge in [0, 0.05) is 34.1 Å². The fourth-order valence-corrected chi connectivity index (χ4v) is 4.93. The number of pyridine rings is 2. The van der Waals surface area contributed by atoms with Crippen LogP contribution in [0.15, 0.2) is 47.4 Å². The van der Waals surface area contributed by atoms with E-state index in [-0.39, 0.29) is 16.5 Å². The highest BCUT2D eigenvalue weighted by molar-refractivity contribution is 6.33. The van der Waals surface area contributed by atoms with Crippen molar-refractivity contribution in [2.75, 3.05) is 0 Å². The molecule has 2 aromatic heterocycles. The Hall–Kier alpha value is -4.22. The number of nitrogens with zero attached hydrogens (tertiary/aromatic N) is 3. The first-order valence-corrected chi connectivity index (χ1v) is 11.3. The molecule has 0 spiro atoms. The molecular weight excluding hydrogens is 513 g/mol. The van der Waals surface area contributed by atoms with Crippen molar-refractivity contribution < 1.29 is 19.6 Å². The van der Waals surface area contributed by atoms with Crippen molar-refractivity contribution in [1.29, 1.82) is 0 Å². The topological polar surface area (TPSA) is 159 Å². The predicted molar refractivity (Wildman–Crippen MR) is 131 cm³/mol. The molecule has 3 heterocycles. The van der Waals surface area contributed by atoms with E-state index in [1.165, 1.54) is 18.2 Å². The molecule has 1 aliphatic heterocycles. The SMILES string of the molecule is Cc1cc(Cl)[nH]c2ccc3c(=O)c(C(=O)NN4C(=O)C(Cl)C4c4cccc([N+](=O)[O-])c4O)cnc3c12. The third-order valence-electron chi connectivity index (χ3n) is 6.04. The summed E-state index contributed by atoms with van der Waals surface area (Å²) in [7, 11) is 0. The van der Waals surface area contributed by atoms with Gasteiger partial charge in [-0.05, 0) is 30.7 Å². The zero-order valence-corrected chi connectivity index (χ0v) is 19.8. The number of aromatic hydroxyl groups is 1. The number of amides is 2. The van der Waals surface area contributed by atoms with Gasteiger partial charge in [0.05, 0.1) is 10.4 Å². The molecule has 0 radical (unpaired) electrons. The van der Waals surface area contributed by atoms with Crippen LogP contribution < -0.4 is 10.9 Å².